The minimum absolute atomic E-state index is 0.335. The van der Waals surface area contributed by atoms with Gasteiger partial charge in [-0.05, 0) is 76.3 Å². The van der Waals surface area contributed by atoms with Crippen LogP contribution in [0.4, 0.5) is 0 Å². The Balaban J connectivity index is 2.14. The van der Waals surface area contributed by atoms with E-state index in [-0.39, 0.29) is 5.91 Å². The maximum atomic E-state index is 13.3. The van der Waals surface area contributed by atoms with Crippen LogP contribution in [-0.4, -0.2) is 42.3 Å². The maximum absolute atomic E-state index is 13.3. The highest BCUT2D eigenvalue weighted by molar-refractivity contribution is 7.98. The highest BCUT2D eigenvalue weighted by Crippen LogP contribution is 2.39. The van der Waals surface area contributed by atoms with Crippen LogP contribution in [0.3, 0.4) is 0 Å². The van der Waals surface area contributed by atoms with E-state index in [4.69, 9.17) is 14.2 Å². The molecule has 1 aromatic heterocycles. The third kappa shape index (κ3) is 5.73. The van der Waals surface area contributed by atoms with Crippen molar-refractivity contribution in [2.45, 2.75) is 41.2 Å². The Bertz CT molecular complexity index is 1170. The molecule has 0 spiro atoms. The van der Waals surface area contributed by atoms with Gasteiger partial charge < -0.3 is 18.8 Å². The zero-order chi connectivity index (χ0) is 24.0. The van der Waals surface area contributed by atoms with Gasteiger partial charge >= 0.3 is 0 Å². The quantitative estimate of drug-likeness (QED) is 0.371. The number of benzene rings is 2. The predicted octanol–water partition coefficient (Wildman–Crippen LogP) is 5.62. The van der Waals surface area contributed by atoms with Gasteiger partial charge in [0, 0.05) is 17.9 Å². The second-order valence-corrected chi connectivity index (χ2v) is 9.45. The summed E-state index contributed by atoms with van der Waals surface area (Å²) in [6.07, 6.45) is 2.08. The summed E-state index contributed by atoms with van der Waals surface area (Å²) in [5.41, 5.74) is 3.98. The maximum Gasteiger partial charge on any atom is 0.279 e. The van der Waals surface area contributed by atoms with Crippen LogP contribution in [-0.2, 0) is 6.54 Å². The summed E-state index contributed by atoms with van der Waals surface area (Å²) >= 11 is 3.31. The Morgan fingerprint density at radius 3 is 2.15 bits per heavy atom. The number of nitrogens with zero attached hydrogens (tertiary/aromatic N) is 2. The number of hydrogen-bond acceptors (Lipinski definition) is 6. The Morgan fingerprint density at radius 2 is 1.58 bits per heavy atom. The molecule has 6 nitrogen and oxygen atoms in total. The number of thioether (sulfide) groups is 1. The van der Waals surface area contributed by atoms with Crippen LogP contribution >= 0.6 is 23.1 Å². The molecule has 0 unspecified atom stereocenters. The van der Waals surface area contributed by atoms with Gasteiger partial charge in [0.15, 0.2) is 16.3 Å². The van der Waals surface area contributed by atoms with Crippen LogP contribution < -0.4 is 19.0 Å². The van der Waals surface area contributed by atoms with E-state index in [1.54, 1.807) is 23.9 Å². The number of rotatable bonds is 10. The van der Waals surface area contributed by atoms with Crippen LogP contribution in [0.5, 0.6) is 17.2 Å². The lowest BCUT2D eigenvalue weighted by atomic mass is 10.1. The Morgan fingerprint density at radius 1 is 0.970 bits per heavy atom. The van der Waals surface area contributed by atoms with Crippen molar-refractivity contribution in [3.8, 4) is 17.2 Å². The first-order valence-corrected chi connectivity index (χ1v) is 13.4. The normalized spacial score (nSPS) is 11.8. The van der Waals surface area contributed by atoms with Gasteiger partial charge in [0.1, 0.15) is 0 Å². The number of carbonyl (C=O) groups excluding carboxylic acids is 1. The van der Waals surface area contributed by atoms with E-state index in [1.165, 1.54) is 22.5 Å². The molecule has 1 amide bonds. The first kappa shape index (κ1) is 25.2. The molecule has 0 N–H and O–H groups in total. The second kappa shape index (κ2) is 11.6. The number of amides is 1. The van der Waals surface area contributed by atoms with Gasteiger partial charge in [-0.25, -0.2) is 0 Å². The summed E-state index contributed by atoms with van der Waals surface area (Å²) in [5, 5.41) is 0. The predicted molar refractivity (Wildman–Crippen MR) is 138 cm³/mol. The summed E-state index contributed by atoms with van der Waals surface area (Å²) < 4.78 is 20.6. The molecule has 0 radical (unpaired) electrons. The number of fused-ring (bicyclic) bond motifs is 1. The summed E-state index contributed by atoms with van der Waals surface area (Å²) in [7, 11) is 0. The van der Waals surface area contributed by atoms with Crippen LogP contribution in [0.25, 0.3) is 10.2 Å². The summed E-state index contributed by atoms with van der Waals surface area (Å²) in [6, 6.07) is 7.74. The Kier molecular flexibility index (Phi) is 8.86. The molecule has 0 saturated heterocycles. The topological polar surface area (TPSA) is 62.0 Å². The molecular weight excluding hydrogens is 456 g/mol. The first-order chi connectivity index (χ1) is 15.9. The largest absolute Gasteiger partial charge is 0.490 e. The van der Waals surface area contributed by atoms with Gasteiger partial charge in [0.2, 0.25) is 5.75 Å². The number of aromatic nitrogens is 1. The smallest absolute Gasteiger partial charge is 0.279 e. The van der Waals surface area contributed by atoms with Gasteiger partial charge in [-0.15, -0.1) is 0 Å². The fourth-order valence-corrected chi connectivity index (χ4v) is 4.97. The van der Waals surface area contributed by atoms with Gasteiger partial charge in [-0.2, -0.15) is 16.8 Å². The van der Waals surface area contributed by atoms with Gasteiger partial charge in [0.05, 0.1) is 30.0 Å². The number of hydrogen-bond donors (Lipinski definition) is 0. The second-order valence-electron chi connectivity index (χ2n) is 7.45. The van der Waals surface area contributed by atoms with E-state index >= 15 is 0 Å². The molecule has 8 heteroatoms. The van der Waals surface area contributed by atoms with Crippen molar-refractivity contribution < 1.29 is 19.0 Å². The minimum atomic E-state index is -0.335. The lowest BCUT2D eigenvalue weighted by Crippen LogP contribution is -2.18. The van der Waals surface area contributed by atoms with Crippen molar-refractivity contribution in [3.63, 3.8) is 0 Å². The fraction of sp³-hybridized carbons (Fsp3) is 0.440. The number of carbonyl (C=O) groups is 1. The van der Waals surface area contributed by atoms with E-state index in [1.807, 2.05) is 20.8 Å². The molecule has 3 rings (SSSR count). The van der Waals surface area contributed by atoms with E-state index in [0.717, 1.165) is 22.5 Å². The van der Waals surface area contributed by atoms with Crippen LogP contribution in [0.15, 0.2) is 29.3 Å². The van der Waals surface area contributed by atoms with Crippen LogP contribution in [0.1, 0.15) is 42.3 Å². The zero-order valence-electron chi connectivity index (χ0n) is 20.2. The molecule has 0 aliphatic heterocycles. The average Bonchev–Trinajstić information content (AvgIpc) is 3.10. The Hall–Kier alpha value is -2.45. The fourth-order valence-electron chi connectivity index (χ4n) is 3.47. The van der Waals surface area contributed by atoms with Crippen LogP contribution in [0.2, 0.25) is 0 Å². The third-order valence-corrected chi connectivity index (χ3v) is 6.80. The molecule has 33 heavy (non-hydrogen) atoms. The van der Waals surface area contributed by atoms with Gasteiger partial charge in [0.25, 0.3) is 5.91 Å². The van der Waals surface area contributed by atoms with Crippen molar-refractivity contribution in [1.29, 1.82) is 0 Å². The van der Waals surface area contributed by atoms with E-state index in [0.29, 0.717) is 47.4 Å². The molecule has 0 atom stereocenters. The Labute approximate surface area is 203 Å². The van der Waals surface area contributed by atoms with Gasteiger partial charge in [-0.1, -0.05) is 11.3 Å². The number of ether oxygens (including phenoxy) is 3. The van der Waals surface area contributed by atoms with E-state index in [2.05, 4.69) is 41.8 Å². The van der Waals surface area contributed by atoms with Crippen molar-refractivity contribution in [2.75, 3.05) is 31.8 Å². The third-order valence-electron chi connectivity index (χ3n) is 5.17. The molecule has 0 aliphatic rings. The van der Waals surface area contributed by atoms with Crippen molar-refractivity contribution in [3.05, 3.63) is 45.8 Å². The first-order valence-electron chi connectivity index (χ1n) is 11.2. The standard InChI is InChI=1S/C25H32N2O4S2/c1-7-29-20-14-18(15-21(30-8-2)23(20)31-9-3)24(28)26-25-27(10-11-32-6)19-12-16(4)17(5)13-22(19)33-25/h12-15H,7-11H2,1-6H3. The average molecular weight is 489 g/mol. The molecule has 2 aromatic carbocycles. The molecule has 3 aromatic rings. The summed E-state index contributed by atoms with van der Waals surface area (Å²) in [5.74, 6) is 2.09. The number of aryl methyl sites for hydroxylation is 3. The van der Waals surface area contributed by atoms with Gasteiger partial charge in [-0.3, -0.25) is 4.79 Å². The lowest BCUT2D eigenvalue weighted by molar-refractivity contribution is 0.0996. The summed E-state index contributed by atoms with van der Waals surface area (Å²) in [6.45, 7) is 12.0. The molecule has 0 fully saturated rings. The van der Waals surface area contributed by atoms with Crippen molar-refractivity contribution in [2.24, 2.45) is 4.99 Å². The molecule has 0 saturated carbocycles. The molecule has 0 aliphatic carbocycles. The highest BCUT2D eigenvalue weighted by Gasteiger charge is 2.19. The van der Waals surface area contributed by atoms with E-state index in [9.17, 15) is 4.79 Å². The molecule has 1 heterocycles. The van der Waals surface area contributed by atoms with Crippen LogP contribution in [0, 0.1) is 13.8 Å². The minimum Gasteiger partial charge on any atom is -0.490 e. The van der Waals surface area contributed by atoms with Crippen molar-refractivity contribution >= 4 is 39.2 Å². The highest BCUT2D eigenvalue weighted by atomic mass is 32.2. The zero-order valence-corrected chi connectivity index (χ0v) is 21.8. The summed E-state index contributed by atoms with van der Waals surface area (Å²) in [4.78, 5) is 18.5. The lowest BCUT2D eigenvalue weighted by Gasteiger charge is -2.16. The van der Waals surface area contributed by atoms with E-state index < -0.39 is 0 Å². The molecule has 0 bridgehead atoms. The molecule has 178 valence electrons. The number of thiazole rings is 1. The van der Waals surface area contributed by atoms with Crippen molar-refractivity contribution in [1.82, 2.24) is 4.57 Å². The molecular formula is C25H32N2O4S2. The monoisotopic (exact) mass is 488 g/mol. The SMILES string of the molecule is CCOc1cc(C(=O)N=c2sc3cc(C)c(C)cc3n2CCSC)cc(OCC)c1OCC.